The summed E-state index contributed by atoms with van der Waals surface area (Å²) < 4.78 is 1.57. The number of carbonyl (C=O) groups is 1. The number of aromatic nitrogens is 1. The van der Waals surface area contributed by atoms with Gasteiger partial charge < -0.3 is 0 Å². The van der Waals surface area contributed by atoms with Crippen molar-refractivity contribution in [1.82, 2.24) is 4.57 Å². The molecule has 1 fully saturated rings. The van der Waals surface area contributed by atoms with Crippen LogP contribution in [0.15, 0.2) is 53.7 Å². The first-order valence-electron chi connectivity index (χ1n) is 8.04. The molecule has 0 amide bonds. The Morgan fingerprint density at radius 3 is 2.74 bits per heavy atom. The average molecular weight is 305 g/mol. The summed E-state index contributed by atoms with van der Waals surface area (Å²) in [5.41, 5.74) is 1.67. The topological polar surface area (TPSA) is 58.1 Å². The van der Waals surface area contributed by atoms with E-state index >= 15 is 0 Å². The molecule has 23 heavy (non-hydrogen) atoms. The zero-order valence-corrected chi connectivity index (χ0v) is 13.0. The lowest BCUT2D eigenvalue weighted by Gasteiger charge is -2.17. The Morgan fingerprint density at radius 1 is 1.13 bits per heavy atom. The molecule has 0 aliphatic heterocycles. The second-order valence-corrected chi connectivity index (χ2v) is 5.85. The summed E-state index contributed by atoms with van der Waals surface area (Å²) >= 11 is 0. The summed E-state index contributed by atoms with van der Waals surface area (Å²) in [6, 6.07) is 14.7. The molecule has 1 aromatic carbocycles. The Morgan fingerprint density at radius 2 is 1.96 bits per heavy atom. The van der Waals surface area contributed by atoms with Gasteiger partial charge in [-0.2, -0.15) is 5.26 Å². The quantitative estimate of drug-likeness (QED) is 0.855. The van der Waals surface area contributed by atoms with Gasteiger partial charge in [0, 0.05) is 11.8 Å². The van der Waals surface area contributed by atoms with Gasteiger partial charge in [0.1, 0.15) is 5.49 Å². The smallest absolute Gasteiger partial charge is 0.263 e. The van der Waals surface area contributed by atoms with Crippen molar-refractivity contribution in [2.45, 2.75) is 38.1 Å². The molecule has 0 N–H and O–H groups in total. The van der Waals surface area contributed by atoms with Gasteiger partial charge in [-0.1, -0.05) is 31.4 Å². The van der Waals surface area contributed by atoms with Gasteiger partial charge in [0.2, 0.25) is 0 Å². The number of carbonyl (C=O) groups excluding carboxylic acids is 1. The van der Waals surface area contributed by atoms with E-state index in [2.05, 4.69) is 6.07 Å². The zero-order chi connectivity index (χ0) is 16.1. The highest BCUT2D eigenvalue weighted by molar-refractivity contribution is 5.96. The Labute approximate surface area is 135 Å². The number of rotatable bonds is 2. The molecular weight excluding hydrogens is 286 g/mol. The third kappa shape index (κ3) is 3.57. The number of nitrogens with zero attached hydrogens (tertiary/aromatic N) is 3. The van der Waals surface area contributed by atoms with Crippen molar-refractivity contribution in [3.63, 3.8) is 0 Å². The fraction of sp³-hybridized carbons (Fsp3) is 0.316. The van der Waals surface area contributed by atoms with Gasteiger partial charge in [-0.3, -0.25) is 14.4 Å². The molecule has 1 aliphatic carbocycles. The average Bonchev–Trinajstić information content (AvgIpc) is 2.62. The van der Waals surface area contributed by atoms with Crippen LogP contribution in [0.4, 0.5) is 0 Å². The second kappa shape index (κ2) is 7.06. The number of hydrogen-bond acceptors (Lipinski definition) is 3. The van der Waals surface area contributed by atoms with Crippen LogP contribution in [0.25, 0.3) is 0 Å². The van der Waals surface area contributed by atoms with Crippen molar-refractivity contribution >= 4 is 5.91 Å². The number of nitriles is 1. The van der Waals surface area contributed by atoms with Crippen molar-refractivity contribution < 1.29 is 4.79 Å². The first-order valence-corrected chi connectivity index (χ1v) is 8.04. The van der Waals surface area contributed by atoms with Crippen LogP contribution in [0, 0.1) is 11.3 Å². The predicted octanol–water partition coefficient (Wildman–Crippen LogP) is 3.28. The summed E-state index contributed by atoms with van der Waals surface area (Å²) in [6.07, 6.45) is 7.61. The van der Waals surface area contributed by atoms with E-state index in [0.717, 1.165) is 12.8 Å². The lowest BCUT2D eigenvalue weighted by atomic mass is 9.96. The van der Waals surface area contributed by atoms with E-state index in [0.29, 0.717) is 22.7 Å². The number of hydrogen-bond donors (Lipinski definition) is 0. The summed E-state index contributed by atoms with van der Waals surface area (Å²) in [5, 5.41) is 9.00. The molecule has 3 rings (SSSR count). The summed E-state index contributed by atoms with van der Waals surface area (Å²) in [6.45, 7) is 0. The molecule has 0 unspecified atom stereocenters. The molecule has 116 valence electrons. The highest BCUT2D eigenvalue weighted by Crippen LogP contribution is 2.19. The first kappa shape index (κ1) is 15.2. The van der Waals surface area contributed by atoms with Gasteiger partial charge in [0.05, 0.1) is 17.7 Å². The molecule has 0 saturated heterocycles. The minimum absolute atomic E-state index is 0.155. The zero-order valence-electron chi connectivity index (χ0n) is 13.0. The summed E-state index contributed by atoms with van der Waals surface area (Å²) in [7, 11) is 0. The molecule has 4 heteroatoms. The highest BCUT2D eigenvalue weighted by Gasteiger charge is 2.13. The Bertz CT molecular complexity index is 808. The standard InChI is InChI=1S/C19H19N3O/c20-14-15-7-6-8-16(13-15)19(23)22-12-5-4-11-18(22)21-17-9-2-1-3-10-17/h4-8,11-13,17H,1-3,9-10H2. The fourth-order valence-corrected chi connectivity index (χ4v) is 2.97. The fourth-order valence-electron chi connectivity index (χ4n) is 2.97. The van der Waals surface area contributed by atoms with Crippen LogP contribution in [-0.2, 0) is 0 Å². The molecule has 0 radical (unpaired) electrons. The molecule has 1 aliphatic rings. The van der Waals surface area contributed by atoms with Crippen molar-refractivity contribution in [3.05, 3.63) is 65.3 Å². The van der Waals surface area contributed by atoms with E-state index in [1.165, 1.54) is 19.3 Å². The van der Waals surface area contributed by atoms with Crippen LogP contribution in [0.1, 0.15) is 48.0 Å². The van der Waals surface area contributed by atoms with Gasteiger partial charge in [0.15, 0.2) is 0 Å². The summed E-state index contributed by atoms with van der Waals surface area (Å²) in [4.78, 5) is 17.6. The molecule has 0 bridgehead atoms. The van der Waals surface area contributed by atoms with Crippen LogP contribution in [0.5, 0.6) is 0 Å². The maximum atomic E-state index is 12.8. The van der Waals surface area contributed by atoms with Crippen LogP contribution in [0.2, 0.25) is 0 Å². The lowest BCUT2D eigenvalue weighted by Crippen LogP contribution is -2.29. The normalized spacial score (nSPS) is 16.0. The molecule has 2 aromatic rings. The third-order valence-electron chi connectivity index (χ3n) is 4.19. The maximum Gasteiger partial charge on any atom is 0.263 e. The Kier molecular flexibility index (Phi) is 4.68. The molecule has 1 aromatic heterocycles. The van der Waals surface area contributed by atoms with Crippen molar-refractivity contribution in [2.24, 2.45) is 4.99 Å². The minimum atomic E-state index is -0.155. The van der Waals surface area contributed by atoms with E-state index in [-0.39, 0.29) is 5.91 Å². The highest BCUT2D eigenvalue weighted by atomic mass is 16.2. The van der Waals surface area contributed by atoms with Crippen LogP contribution >= 0.6 is 0 Å². The number of benzene rings is 1. The largest absolute Gasteiger partial charge is 0.268 e. The van der Waals surface area contributed by atoms with Gasteiger partial charge in [0.25, 0.3) is 5.91 Å². The monoisotopic (exact) mass is 305 g/mol. The van der Waals surface area contributed by atoms with Gasteiger partial charge in [-0.05, 0) is 43.2 Å². The molecule has 4 nitrogen and oxygen atoms in total. The minimum Gasteiger partial charge on any atom is -0.268 e. The van der Waals surface area contributed by atoms with E-state index in [1.54, 1.807) is 35.0 Å². The second-order valence-electron chi connectivity index (χ2n) is 5.85. The van der Waals surface area contributed by atoms with Crippen LogP contribution < -0.4 is 5.49 Å². The molecule has 1 heterocycles. The Hall–Kier alpha value is -2.67. The van der Waals surface area contributed by atoms with E-state index in [4.69, 9.17) is 10.3 Å². The van der Waals surface area contributed by atoms with Gasteiger partial charge in [-0.25, -0.2) is 0 Å². The maximum absolute atomic E-state index is 12.8. The third-order valence-corrected chi connectivity index (χ3v) is 4.19. The number of pyridine rings is 1. The van der Waals surface area contributed by atoms with E-state index in [1.807, 2.05) is 18.2 Å². The van der Waals surface area contributed by atoms with Crippen molar-refractivity contribution in [2.75, 3.05) is 0 Å². The summed E-state index contributed by atoms with van der Waals surface area (Å²) in [5.74, 6) is -0.155. The Balaban J connectivity index is 1.98. The molecule has 0 spiro atoms. The van der Waals surface area contributed by atoms with Crippen LogP contribution in [-0.4, -0.2) is 16.5 Å². The van der Waals surface area contributed by atoms with Crippen molar-refractivity contribution in [3.8, 4) is 6.07 Å². The molecular formula is C19H19N3O. The molecule has 1 saturated carbocycles. The van der Waals surface area contributed by atoms with E-state index < -0.39 is 0 Å². The van der Waals surface area contributed by atoms with E-state index in [9.17, 15) is 4.79 Å². The van der Waals surface area contributed by atoms with Crippen molar-refractivity contribution in [1.29, 1.82) is 5.26 Å². The van der Waals surface area contributed by atoms with Gasteiger partial charge in [-0.15, -0.1) is 0 Å². The molecule has 0 atom stereocenters. The van der Waals surface area contributed by atoms with Crippen LogP contribution in [0.3, 0.4) is 0 Å². The lowest BCUT2D eigenvalue weighted by molar-refractivity contribution is 0.0954. The SMILES string of the molecule is N#Cc1cccc(C(=O)n2ccccc2=NC2CCCCC2)c1. The predicted molar refractivity (Wildman–Crippen MR) is 87.8 cm³/mol. The van der Waals surface area contributed by atoms with Gasteiger partial charge >= 0.3 is 0 Å². The first-order chi connectivity index (χ1) is 11.3.